The Bertz CT molecular complexity index is 248. The van der Waals surface area contributed by atoms with Crippen LogP contribution in [-0.4, -0.2) is 20.3 Å². The molecule has 0 radical (unpaired) electrons. The lowest BCUT2D eigenvalue weighted by Gasteiger charge is -2.39. The highest BCUT2D eigenvalue weighted by molar-refractivity contribution is 6.77. The SMILES string of the molecule is CC(C)(C)C1CC2OC2C([Si](C)(C)C)C1. The largest absolute Gasteiger partial charge is 0.370 e. The maximum absolute atomic E-state index is 5.88. The van der Waals surface area contributed by atoms with Gasteiger partial charge in [0.05, 0.1) is 20.3 Å². The Kier molecular flexibility index (Phi) is 2.59. The van der Waals surface area contributed by atoms with Crippen LogP contribution in [0.25, 0.3) is 0 Å². The molecule has 4 atom stereocenters. The van der Waals surface area contributed by atoms with Crippen molar-refractivity contribution in [2.45, 2.75) is 71.0 Å². The molecule has 0 bridgehead atoms. The molecular weight excluding hydrogens is 200 g/mol. The van der Waals surface area contributed by atoms with E-state index >= 15 is 0 Å². The quantitative estimate of drug-likeness (QED) is 0.488. The van der Waals surface area contributed by atoms with Gasteiger partial charge in [-0.2, -0.15) is 0 Å². The molecule has 2 heteroatoms. The second-order valence-corrected chi connectivity index (χ2v) is 13.1. The summed E-state index contributed by atoms with van der Waals surface area (Å²) in [6.07, 6.45) is 4.00. The van der Waals surface area contributed by atoms with Crippen LogP contribution in [0.15, 0.2) is 0 Å². The molecule has 0 N–H and O–H groups in total. The summed E-state index contributed by atoms with van der Waals surface area (Å²) in [5.74, 6) is 0.873. The Balaban J connectivity index is 2.10. The maximum Gasteiger partial charge on any atom is 0.0846 e. The van der Waals surface area contributed by atoms with E-state index in [1.54, 1.807) is 0 Å². The number of fused-ring (bicyclic) bond motifs is 1. The van der Waals surface area contributed by atoms with Crippen molar-refractivity contribution in [2.75, 3.05) is 0 Å². The molecule has 0 aromatic heterocycles. The number of rotatable bonds is 1. The molecule has 0 aromatic carbocycles. The molecule has 1 aliphatic carbocycles. The van der Waals surface area contributed by atoms with Crippen LogP contribution in [-0.2, 0) is 4.74 Å². The smallest absolute Gasteiger partial charge is 0.0846 e. The van der Waals surface area contributed by atoms with Crippen LogP contribution in [0.2, 0.25) is 25.2 Å². The van der Waals surface area contributed by atoms with Crippen LogP contribution in [0.4, 0.5) is 0 Å². The van der Waals surface area contributed by atoms with E-state index in [2.05, 4.69) is 40.4 Å². The Morgan fingerprint density at radius 3 is 2.13 bits per heavy atom. The maximum atomic E-state index is 5.88. The van der Waals surface area contributed by atoms with Gasteiger partial charge < -0.3 is 4.74 Å². The van der Waals surface area contributed by atoms with E-state index in [0.29, 0.717) is 17.6 Å². The summed E-state index contributed by atoms with van der Waals surface area (Å²) in [6, 6.07) is 0. The zero-order chi connectivity index (χ0) is 11.4. The van der Waals surface area contributed by atoms with Crippen LogP contribution >= 0.6 is 0 Å². The van der Waals surface area contributed by atoms with E-state index < -0.39 is 8.07 Å². The summed E-state index contributed by atoms with van der Waals surface area (Å²) in [5.41, 5.74) is 1.37. The minimum Gasteiger partial charge on any atom is -0.370 e. The van der Waals surface area contributed by atoms with Gasteiger partial charge in [-0.3, -0.25) is 0 Å². The van der Waals surface area contributed by atoms with Crippen molar-refractivity contribution in [3.05, 3.63) is 0 Å². The molecular formula is C13H26OSi. The molecule has 0 spiro atoms. The highest BCUT2D eigenvalue weighted by Gasteiger charge is 2.55. The molecule has 15 heavy (non-hydrogen) atoms. The van der Waals surface area contributed by atoms with E-state index in [0.717, 1.165) is 11.5 Å². The Labute approximate surface area is 95.6 Å². The second kappa shape index (κ2) is 3.33. The van der Waals surface area contributed by atoms with Crippen LogP contribution in [0.5, 0.6) is 0 Å². The third kappa shape index (κ3) is 2.31. The topological polar surface area (TPSA) is 12.5 Å². The molecule has 2 aliphatic rings. The molecule has 1 saturated carbocycles. The number of hydrogen-bond donors (Lipinski definition) is 0. The average Bonchev–Trinajstić information content (AvgIpc) is 2.75. The van der Waals surface area contributed by atoms with Gasteiger partial charge in [0.25, 0.3) is 0 Å². The summed E-state index contributed by atoms with van der Waals surface area (Å²) < 4.78 is 5.88. The minimum atomic E-state index is -1.02. The highest BCUT2D eigenvalue weighted by Crippen LogP contribution is 2.54. The Morgan fingerprint density at radius 1 is 1.07 bits per heavy atom. The van der Waals surface area contributed by atoms with Gasteiger partial charge in [-0.25, -0.2) is 0 Å². The van der Waals surface area contributed by atoms with E-state index in [1.807, 2.05) is 0 Å². The zero-order valence-corrected chi connectivity index (χ0v) is 12.1. The molecule has 88 valence electrons. The van der Waals surface area contributed by atoms with Crippen molar-refractivity contribution >= 4 is 8.07 Å². The van der Waals surface area contributed by atoms with Crippen LogP contribution in [0.3, 0.4) is 0 Å². The van der Waals surface area contributed by atoms with Crippen LogP contribution < -0.4 is 0 Å². The molecule has 2 rings (SSSR count). The number of ether oxygens (including phenoxy) is 1. The predicted molar refractivity (Wildman–Crippen MR) is 67.9 cm³/mol. The molecule has 4 unspecified atom stereocenters. The molecule has 1 aliphatic heterocycles. The first kappa shape index (κ1) is 11.7. The van der Waals surface area contributed by atoms with Gasteiger partial charge >= 0.3 is 0 Å². The third-order valence-corrected chi connectivity index (χ3v) is 7.20. The van der Waals surface area contributed by atoms with Gasteiger partial charge in [-0.05, 0) is 29.7 Å². The zero-order valence-electron chi connectivity index (χ0n) is 11.1. The third-order valence-electron chi connectivity index (χ3n) is 4.41. The molecule has 1 saturated heterocycles. The minimum absolute atomic E-state index is 0.467. The lowest BCUT2D eigenvalue weighted by molar-refractivity contribution is 0.189. The van der Waals surface area contributed by atoms with Gasteiger partial charge in [0.1, 0.15) is 0 Å². The van der Waals surface area contributed by atoms with E-state index in [-0.39, 0.29) is 0 Å². The molecule has 2 fully saturated rings. The van der Waals surface area contributed by atoms with Gasteiger partial charge in [0.2, 0.25) is 0 Å². The number of hydrogen-bond acceptors (Lipinski definition) is 1. The normalized spacial score (nSPS) is 41.2. The Morgan fingerprint density at radius 2 is 1.67 bits per heavy atom. The first-order chi connectivity index (χ1) is 6.69. The lowest BCUT2D eigenvalue weighted by Crippen LogP contribution is -2.39. The lowest BCUT2D eigenvalue weighted by atomic mass is 9.72. The predicted octanol–water partition coefficient (Wildman–Crippen LogP) is 3.92. The van der Waals surface area contributed by atoms with Crippen LogP contribution in [0.1, 0.15) is 33.6 Å². The molecule has 1 heterocycles. The van der Waals surface area contributed by atoms with Crippen molar-refractivity contribution in [2.24, 2.45) is 11.3 Å². The summed E-state index contributed by atoms with van der Waals surface area (Å²) in [5, 5.41) is 0. The van der Waals surface area contributed by atoms with E-state index in [4.69, 9.17) is 4.74 Å². The number of epoxide rings is 1. The highest BCUT2D eigenvalue weighted by atomic mass is 28.3. The monoisotopic (exact) mass is 226 g/mol. The second-order valence-electron chi connectivity index (χ2n) is 7.65. The molecule has 1 nitrogen and oxygen atoms in total. The van der Waals surface area contributed by atoms with Crippen LogP contribution in [0, 0.1) is 11.3 Å². The first-order valence-electron chi connectivity index (χ1n) is 6.35. The van der Waals surface area contributed by atoms with Gasteiger partial charge in [-0.15, -0.1) is 0 Å². The summed E-state index contributed by atoms with van der Waals surface area (Å²) in [4.78, 5) is 0. The van der Waals surface area contributed by atoms with E-state index in [9.17, 15) is 0 Å². The standard InChI is InChI=1S/C13H26OSi/c1-13(2,3)9-7-10-12(14-10)11(8-9)15(4,5)6/h9-12H,7-8H2,1-6H3. The first-order valence-corrected chi connectivity index (χ1v) is 9.93. The van der Waals surface area contributed by atoms with Crippen molar-refractivity contribution in [3.63, 3.8) is 0 Å². The van der Waals surface area contributed by atoms with Gasteiger partial charge in [-0.1, -0.05) is 40.4 Å². The van der Waals surface area contributed by atoms with Gasteiger partial charge in [0.15, 0.2) is 0 Å². The average molecular weight is 226 g/mol. The fraction of sp³-hybridized carbons (Fsp3) is 1.00. The molecule has 0 aromatic rings. The van der Waals surface area contributed by atoms with Crippen molar-refractivity contribution in [3.8, 4) is 0 Å². The molecule has 0 amide bonds. The Hall–Kier alpha value is 0.177. The van der Waals surface area contributed by atoms with Crippen molar-refractivity contribution in [1.29, 1.82) is 0 Å². The van der Waals surface area contributed by atoms with E-state index in [1.165, 1.54) is 12.8 Å². The fourth-order valence-electron chi connectivity index (χ4n) is 3.07. The summed E-state index contributed by atoms with van der Waals surface area (Å²) in [7, 11) is -1.02. The van der Waals surface area contributed by atoms with Crippen molar-refractivity contribution in [1.82, 2.24) is 0 Å². The van der Waals surface area contributed by atoms with Gasteiger partial charge in [0, 0.05) is 0 Å². The van der Waals surface area contributed by atoms with Crippen molar-refractivity contribution < 1.29 is 4.74 Å². The summed E-state index contributed by atoms with van der Waals surface area (Å²) in [6.45, 7) is 14.7. The fourth-order valence-corrected chi connectivity index (χ4v) is 5.34. The summed E-state index contributed by atoms with van der Waals surface area (Å²) >= 11 is 0.